The van der Waals surface area contributed by atoms with Crippen LogP contribution in [0, 0.1) is 0 Å². The highest BCUT2D eigenvalue weighted by Crippen LogP contribution is 2.28. The minimum Gasteiger partial charge on any atom is -0.456 e. The second kappa shape index (κ2) is 9.98. The first-order valence-electron chi connectivity index (χ1n) is 10.1. The van der Waals surface area contributed by atoms with Gasteiger partial charge in [0.15, 0.2) is 0 Å². The molecule has 33 heavy (non-hydrogen) atoms. The van der Waals surface area contributed by atoms with Gasteiger partial charge in [-0.3, -0.25) is 14.0 Å². The van der Waals surface area contributed by atoms with E-state index >= 15 is 0 Å². The molecule has 0 aliphatic heterocycles. The first-order chi connectivity index (χ1) is 15.9. The number of anilines is 2. The number of rotatable bonds is 7. The van der Waals surface area contributed by atoms with Gasteiger partial charge in [-0.2, -0.15) is 0 Å². The molecular weight excluding hydrogens is 456 g/mol. The smallest absolute Gasteiger partial charge is 0.211 e. The van der Waals surface area contributed by atoms with E-state index in [1.54, 1.807) is 54.9 Å². The van der Waals surface area contributed by atoms with Crippen LogP contribution >= 0.6 is 11.6 Å². The Bertz CT molecular complexity index is 1290. The van der Waals surface area contributed by atoms with Crippen LogP contribution in [0.25, 0.3) is 0 Å². The van der Waals surface area contributed by atoms with Gasteiger partial charge >= 0.3 is 0 Å². The molecular formula is C26H21ClN2O3S. The molecule has 0 amide bonds. The maximum Gasteiger partial charge on any atom is 0.211 e. The summed E-state index contributed by atoms with van der Waals surface area (Å²) in [4.78, 5) is 19.8. The van der Waals surface area contributed by atoms with Gasteiger partial charge in [0.25, 0.3) is 0 Å². The number of carbonyl (C=O) groups excluding carboxylic acids is 1. The highest BCUT2D eigenvalue weighted by atomic mass is 35.5. The fraction of sp³-hybridized carbons (Fsp3) is 0.0769. The number of ether oxygens (including phenoxy) is 1. The Balaban J connectivity index is 1.47. The molecule has 0 fully saturated rings. The van der Waals surface area contributed by atoms with Gasteiger partial charge in [-0.05, 0) is 72.8 Å². The molecule has 1 unspecified atom stereocenters. The van der Waals surface area contributed by atoms with Crippen molar-refractivity contribution in [1.82, 2.24) is 4.98 Å². The summed E-state index contributed by atoms with van der Waals surface area (Å²) in [6.45, 7) is 0. The third-order valence-electron chi connectivity index (χ3n) is 5.08. The Hall–Kier alpha value is -3.48. The lowest BCUT2D eigenvalue weighted by Gasteiger charge is -2.19. The van der Waals surface area contributed by atoms with Crippen molar-refractivity contribution in [2.45, 2.75) is 4.90 Å². The van der Waals surface area contributed by atoms with E-state index < -0.39 is 10.8 Å². The highest BCUT2D eigenvalue weighted by molar-refractivity contribution is 7.84. The van der Waals surface area contributed by atoms with E-state index in [0.29, 0.717) is 32.7 Å². The van der Waals surface area contributed by atoms with Crippen molar-refractivity contribution in [3.05, 3.63) is 107 Å². The molecule has 0 aliphatic carbocycles. The highest BCUT2D eigenvalue weighted by Gasteiger charge is 2.13. The lowest BCUT2D eigenvalue weighted by molar-refractivity contribution is 0.103. The summed E-state index contributed by atoms with van der Waals surface area (Å²) in [5.74, 6) is 0.897. The van der Waals surface area contributed by atoms with E-state index in [9.17, 15) is 9.00 Å². The minimum absolute atomic E-state index is 0.183. The second-order valence-electron chi connectivity index (χ2n) is 7.29. The third kappa shape index (κ3) is 5.30. The number of benzene rings is 3. The van der Waals surface area contributed by atoms with Gasteiger partial charge in [0.1, 0.15) is 17.2 Å². The molecule has 4 rings (SSSR count). The number of pyridine rings is 1. The molecule has 0 spiro atoms. The van der Waals surface area contributed by atoms with Gasteiger partial charge in [-0.25, -0.2) is 0 Å². The zero-order valence-corrected chi connectivity index (χ0v) is 19.6. The third-order valence-corrected chi connectivity index (χ3v) is 6.29. The lowest BCUT2D eigenvalue weighted by atomic mass is 10.1. The Morgan fingerprint density at radius 1 is 0.909 bits per heavy atom. The van der Waals surface area contributed by atoms with E-state index in [0.717, 1.165) is 11.4 Å². The van der Waals surface area contributed by atoms with Crippen molar-refractivity contribution in [3.8, 4) is 11.5 Å². The Morgan fingerprint density at radius 3 is 2.21 bits per heavy atom. The molecule has 0 N–H and O–H groups in total. The quantitative estimate of drug-likeness (QED) is 0.294. The molecule has 3 aromatic carbocycles. The van der Waals surface area contributed by atoms with Crippen molar-refractivity contribution in [2.75, 3.05) is 18.2 Å². The largest absolute Gasteiger partial charge is 0.456 e. The van der Waals surface area contributed by atoms with E-state index in [2.05, 4.69) is 4.98 Å². The number of carbonyl (C=O) groups is 1. The molecule has 7 heteroatoms. The zero-order chi connectivity index (χ0) is 23.4. The normalized spacial score (nSPS) is 11.6. The van der Waals surface area contributed by atoms with Gasteiger partial charge in [-0.1, -0.05) is 23.7 Å². The van der Waals surface area contributed by atoms with Gasteiger partial charge in [0, 0.05) is 29.6 Å². The van der Waals surface area contributed by atoms with Crippen molar-refractivity contribution in [1.29, 1.82) is 0 Å². The average Bonchev–Trinajstić information content (AvgIpc) is 2.84. The summed E-state index contributed by atoms with van der Waals surface area (Å²) in [6.07, 6.45) is 3.27. The van der Waals surface area contributed by atoms with Crippen molar-refractivity contribution in [3.63, 3.8) is 0 Å². The number of hydrogen-bond acceptors (Lipinski definition) is 5. The molecule has 166 valence electrons. The van der Waals surface area contributed by atoms with Crippen LogP contribution in [0.3, 0.4) is 0 Å². The number of nitrogens with zero attached hydrogens (tertiary/aromatic N) is 2. The summed E-state index contributed by atoms with van der Waals surface area (Å²) >= 11 is 5.96. The van der Waals surface area contributed by atoms with E-state index in [4.69, 9.17) is 16.3 Å². The van der Waals surface area contributed by atoms with Gasteiger partial charge in [-0.15, -0.1) is 0 Å². The second-order valence-corrected chi connectivity index (χ2v) is 9.08. The SMILES string of the molecule is CN(c1ccc(Cl)cc1)c1ccc(C(=O)c2ccc(Oc3ccccc3S(C)=O)cc2)nc1. The van der Waals surface area contributed by atoms with Gasteiger partial charge < -0.3 is 9.64 Å². The van der Waals surface area contributed by atoms with Crippen molar-refractivity contribution >= 4 is 39.6 Å². The molecule has 1 heterocycles. The van der Waals surface area contributed by atoms with Crippen molar-refractivity contribution in [2.24, 2.45) is 0 Å². The Labute approximate surface area is 200 Å². The molecule has 1 atom stereocenters. The van der Waals surface area contributed by atoms with Crippen LogP contribution in [-0.4, -0.2) is 28.3 Å². The van der Waals surface area contributed by atoms with Crippen LogP contribution in [0.1, 0.15) is 16.1 Å². The molecule has 0 radical (unpaired) electrons. The van der Waals surface area contributed by atoms with E-state index in [1.165, 1.54) is 0 Å². The van der Waals surface area contributed by atoms with E-state index in [1.807, 2.05) is 54.4 Å². The molecule has 0 saturated heterocycles. The first-order valence-corrected chi connectivity index (χ1v) is 12.1. The average molecular weight is 477 g/mol. The topological polar surface area (TPSA) is 59.5 Å². The minimum atomic E-state index is -1.17. The maximum absolute atomic E-state index is 12.9. The van der Waals surface area contributed by atoms with Crippen molar-refractivity contribution < 1.29 is 13.7 Å². The van der Waals surface area contributed by atoms with Crippen LogP contribution in [0.2, 0.25) is 5.02 Å². The summed E-state index contributed by atoms with van der Waals surface area (Å²) in [5.41, 5.74) is 2.67. The standard InChI is InChI=1S/C26H21ClN2O3S/c1-29(20-11-9-19(27)10-12-20)21-13-16-23(28-17-21)26(30)18-7-14-22(15-8-18)32-24-5-3-4-6-25(24)33(2)31/h3-17H,1-2H3. The number of aromatic nitrogens is 1. The summed E-state index contributed by atoms with van der Waals surface area (Å²) in [5, 5.41) is 0.673. The number of hydrogen-bond donors (Lipinski definition) is 0. The molecule has 4 aromatic rings. The van der Waals surface area contributed by atoms with Crippen LogP contribution < -0.4 is 9.64 Å². The summed E-state index contributed by atoms with van der Waals surface area (Å²) in [7, 11) is 0.757. The first kappa shape index (κ1) is 22.7. The predicted octanol–water partition coefficient (Wildman–Crippen LogP) is 6.26. The predicted molar refractivity (Wildman–Crippen MR) is 132 cm³/mol. The Kier molecular flexibility index (Phi) is 6.87. The van der Waals surface area contributed by atoms with E-state index in [-0.39, 0.29) is 5.78 Å². The zero-order valence-electron chi connectivity index (χ0n) is 18.1. The lowest BCUT2D eigenvalue weighted by Crippen LogP contribution is -2.11. The molecule has 0 bridgehead atoms. The monoisotopic (exact) mass is 476 g/mol. The molecule has 5 nitrogen and oxygen atoms in total. The molecule has 0 aliphatic rings. The molecule has 1 aromatic heterocycles. The van der Waals surface area contributed by atoms with Gasteiger partial charge in [0.05, 0.1) is 27.6 Å². The maximum atomic E-state index is 12.9. The van der Waals surface area contributed by atoms with Crippen LogP contribution in [0.4, 0.5) is 11.4 Å². The fourth-order valence-electron chi connectivity index (χ4n) is 3.25. The fourth-order valence-corrected chi connectivity index (χ4v) is 4.04. The molecule has 0 saturated carbocycles. The summed E-state index contributed by atoms with van der Waals surface area (Å²) < 4.78 is 17.8. The number of para-hydroxylation sites is 1. The van der Waals surface area contributed by atoms with Crippen LogP contribution in [0.15, 0.2) is 96.0 Å². The van der Waals surface area contributed by atoms with Crippen LogP contribution in [0.5, 0.6) is 11.5 Å². The number of halogens is 1. The van der Waals surface area contributed by atoms with Gasteiger partial charge in [0.2, 0.25) is 5.78 Å². The summed E-state index contributed by atoms with van der Waals surface area (Å²) in [6, 6.07) is 25.0. The number of ketones is 1. The Morgan fingerprint density at radius 2 is 1.58 bits per heavy atom. The van der Waals surface area contributed by atoms with Crippen LogP contribution in [-0.2, 0) is 10.8 Å².